The van der Waals surface area contributed by atoms with Gasteiger partial charge < -0.3 is 5.32 Å². The Labute approximate surface area is 120 Å². The van der Waals surface area contributed by atoms with Gasteiger partial charge in [0.2, 0.25) is 0 Å². The number of benzene rings is 2. The second-order valence-corrected chi connectivity index (χ2v) is 4.52. The van der Waals surface area contributed by atoms with Crippen LogP contribution in [0.25, 0.3) is 10.9 Å². The fourth-order valence-electron chi connectivity index (χ4n) is 2.14. The number of anilines is 1. The van der Waals surface area contributed by atoms with Crippen LogP contribution in [0.1, 0.15) is 11.1 Å². The van der Waals surface area contributed by atoms with Crippen molar-refractivity contribution in [2.45, 2.75) is 6.54 Å². The molecule has 1 heterocycles. The number of fused-ring (bicyclic) bond motifs is 1. The molecule has 0 amide bonds. The van der Waals surface area contributed by atoms with Crippen LogP contribution in [0.15, 0.2) is 48.8 Å². The average molecular weight is 278 g/mol. The van der Waals surface area contributed by atoms with Crippen LogP contribution in [0, 0.1) is 17.1 Å². The molecule has 0 aliphatic rings. The Morgan fingerprint density at radius 1 is 1.14 bits per heavy atom. The van der Waals surface area contributed by atoms with E-state index in [1.54, 1.807) is 24.3 Å². The van der Waals surface area contributed by atoms with Gasteiger partial charge >= 0.3 is 0 Å². The molecule has 5 heteroatoms. The molecule has 0 unspecified atom stereocenters. The molecule has 102 valence electrons. The summed E-state index contributed by atoms with van der Waals surface area (Å²) in [5.41, 5.74) is 2.07. The highest BCUT2D eigenvalue weighted by Crippen LogP contribution is 2.22. The Morgan fingerprint density at radius 2 is 2.00 bits per heavy atom. The maximum Gasteiger partial charge on any atom is 0.140 e. The zero-order chi connectivity index (χ0) is 14.7. The number of rotatable bonds is 3. The van der Waals surface area contributed by atoms with Crippen molar-refractivity contribution < 1.29 is 4.39 Å². The minimum atomic E-state index is -0.360. The van der Waals surface area contributed by atoms with E-state index in [0.29, 0.717) is 28.8 Å². The molecule has 0 saturated heterocycles. The van der Waals surface area contributed by atoms with Gasteiger partial charge in [0, 0.05) is 6.54 Å². The van der Waals surface area contributed by atoms with Crippen LogP contribution in [0.4, 0.5) is 10.2 Å². The number of hydrogen-bond acceptors (Lipinski definition) is 4. The molecule has 0 atom stereocenters. The van der Waals surface area contributed by atoms with Crippen molar-refractivity contribution in [3.63, 3.8) is 0 Å². The highest BCUT2D eigenvalue weighted by molar-refractivity contribution is 5.89. The van der Waals surface area contributed by atoms with Gasteiger partial charge in [0.1, 0.15) is 18.0 Å². The normalized spacial score (nSPS) is 10.3. The number of aromatic nitrogens is 2. The van der Waals surface area contributed by atoms with Gasteiger partial charge in [-0.3, -0.25) is 0 Å². The van der Waals surface area contributed by atoms with Crippen LogP contribution in [0.5, 0.6) is 0 Å². The molecular formula is C16H11FN4. The molecule has 1 aromatic heterocycles. The maximum absolute atomic E-state index is 13.9. The summed E-state index contributed by atoms with van der Waals surface area (Å²) in [5.74, 6) is 0.0850. The molecule has 0 spiro atoms. The lowest BCUT2D eigenvalue weighted by molar-refractivity contribution is 0.639. The quantitative estimate of drug-likeness (QED) is 0.798. The van der Waals surface area contributed by atoms with E-state index in [0.717, 1.165) is 5.56 Å². The summed E-state index contributed by atoms with van der Waals surface area (Å²) in [5, 5.41) is 12.4. The van der Waals surface area contributed by atoms with Gasteiger partial charge in [-0.2, -0.15) is 5.26 Å². The standard InChI is InChI=1S/C16H11FN4/c17-13-5-2-6-14-15(13)16(21-10-20-14)19-9-12-4-1-3-11(7-12)8-18/h1-7,10H,9H2,(H,19,20,21). The third-order valence-electron chi connectivity index (χ3n) is 3.13. The van der Waals surface area contributed by atoms with Crippen molar-refractivity contribution in [3.05, 3.63) is 65.7 Å². The highest BCUT2D eigenvalue weighted by Gasteiger charge is 2.08. The number of nitrogens with zero attached hydrogens (tertiary/aromatic N) is 3. The molecule has 2 aromatic carbocycles. The summed E-state index contributed by atoms with van der Waals surface area (Å²) in [7, 11) is 0. The van der Waals surface area contributed by atoms with E-state index in [4.69, 9.17) is 5.26 Å². The van der Waals surface area contributed by atoms with Crippen LogP contribution in [0.3, 0.4) is 0 Å². The largest absolute Gasteiger partial charge is 0.365 e. The van der Waals surface area contributed by atoms with Gasteiger partial charge in [-0.1, -0.05) is 18.2 Å². The molecular weight excluding hydrogens is 267 g/mol. The summed E-state index contributed by atoms with van der Waals surface area (Å²) in [6.07, 6.45) is 1.40. The van der Waals surface area contributed by atoms with E-state index in [-0.39, 0.29) is 5.82 Å². The first-order chi connectivity index (χ1) is 10.3. The zero-order valence-corrected chi connectivity index (χ0v) is 11.0. The van der Waals surface area contributed by atoms with Gasteiger partial charge in [0.15, 0.2) is 0 Å². The predicted molar refractivity (Wildman–Crippen MR) is 78.0 cm³/mol. The monoisotopic (exact) mass is 278 g/mol. The van der Waals surface area contributed by atoms with Gasteiger partial charge in [0.25, 0.3) is 0 Å². The molecule has 0 radical (unpaired) electrons. The Hall–Kier alpha value is -3.00. The van der Waals surface area contributed by atoms with Crippen LogP contribution in [-0.2, 0) is 6.54 Å². The summed E-state index contributed by atoms with van der Waals surface area (Å²) in [4.78, 5) is 8.15. The van der Waals surface area contributed by atoms with Gasteiger partial charge in [-0.15, -0.1) is 0 Å². The molecule has 3 aromatic rings. The zero-order valence-electron chi connectivity index (χ0n) is 11.0. The molecule has 0 aliphatic carbocycles. The van der Waals surface area contributed by atoms with Crippen molar-refractivity contribution in [3.8, 4) is 6.07 Å². The van der Waals surface area contributed by atoms with Crippen LogP contribution in [-0.4, -0.2) is 9.97 Å². The Morgan fingerprint density at radius 3 is 2.86 bits per heavy atom. The molecule has 21 heavy (non-hydrogen) atoms. The fraction of sp³-hybridized carbons (Fsp3) is 0.0625. The summed E-state index contributed by atoms with van der Waals surface area (Å²) in [6, 6.07) is 14.1. The lowest BCUT2D eigenvalue weighted by Gasteiger charge is -2.09. The molecule has 0 bridgehead atoms. The van der Waals surface area contributed by atoms with Crippen molar-refractivity contribution >= 4 is 16.7 Å². The topological polar surface area (TPSA) is 61.6 Å². The number of halogens is 1. The Kier molecular flexibility index (Phi) is 3.44. The summed E-state index contributed by atoms with van der Waals surface area (Å²) < 4.78 is 13.9. The SMILES string of the molecule is N#Cc1cccc(CNc2ncnc3cccc(F)c23)c1. The second-order valence-electron chi connectivity index (χ2n) is 4.52. The maximum atomic E-state index is 13.9. The van der Waals surface area contributed by atoms with E-state index in [9.17, 15) is 4.39 Å². The Balaban J connectivity index is 1.90. The number of hydrogen-bond donors (Lipinski definition) is 1. The summed E-state index contributed by atoms with van der Waals surface area (Å²) in [6.45, 7) is 0.454. The third kappa shape index (κ3) is 2.65. The van der Waals surface area contributed by atoms with E-state index < -0.39 is 0 Å². The molecule has 0 fully saturated rings. The predicted octanol–water partition coefficient (Wildman–Crippen LogP) is 3.25. The lowest BCUT2D eigenvalue weighted by atomic mass is 10.1. The molecule has 0 saturated carbocycles. The van der Waals surface area contributed by atoms with E-state index in [1.807, 2.05) is 12.1 Å². The molecule has 0 aliphatic heterocycles. The smallest absolute Gasteiger partial charge is 0.140 e. The van der Waals surface area contributed by atoms with Gasteiger partial charge in [-0.25, -0.2) is 14.4 Å². The van der Waals surface area contributed by atoms with Crippen LogP contribution < -0.4 is 5.32 Å². The fourth-order valence-corrected chi connectivity index (χ4v) is 2.14. The first-order valence-electron chi connectivity index (χ1n) is 6.40. The van der Waals surface area contributed by atoms with Gasteiger partial charge in [-0.05, 0) is 29.8 Å². The Bertz CT molecular complexity index is 834. The van der Waals surface area contributed by atoms with Gasteiger partial charge in [0.05, 0.1) is 22.5 Å². The van der Waals surface area contributed by atoms with Crippen molar-refractivity contribution in [2.24, 2.45) is 0 Å². The van der Waals surface area contributed by atoms with E-state index >= 15 is 0 Å². The minimum Gasteiger partial charge on any atom is -0.365 e. The van der Waals surface area contributed by atoms with Crippen molar-refractivity contribution in [2.75, 3.05) is 5.32 Å². The molecule has 4 nitrogen and oxygen atoms in total. The minimum absolute atomic E-state index is 0.360. The van der Waals surface area contributed by atoms with Crippen LogP contribution in [0.2, 0.25) is 0 Å². The van der Waals surface area contributed by atoms with Crippen molar-refractivity contribution in [1.82, 2.24) is 9.97 Å². The average Bonchev–Trinajstić information content (AvgIpc) is 2.53. The lowest BCUT2D eigenvalue weighted by Crippen LogP contribution is -2.03. The van der Waals surface area contributed by atoms with E-state index in [2.05, 4.69) is 21.4 Å². The van der Waals surface area contributed by atoms with Crippen molar-refractivity contribution in [1.29, 1.82) is 5.26 Å². The summed E-state index contributed by atoms with van der Waals surface area (Å²) >= 11 is 0. The highest BCUT2D eigenvalue weighted by atomic mass is 19.1. The molecule has 3 rings (SSSR count). The molecule has 1 N–H and O–H groups in total. The second kappa shape index (κ2) is 5.55. The third-order valence-corrected chi connectivity index (χ3v) is 3.13. The first kappa shape index (κ1) is 13.0. The van der Waals surface area contributed by atoms with Crippen LogP contribution >= 0.6 is 0 Å². The number of nitrogens with one attached hydrogen (secondary N) is 1. The first-order valence-corrected chi connectivity index (χ1v) is 6.40. The van der Waals surface area contributed by atoms with E-state index in [1.165, 1.54) is 12.4 Å². The number of nitriles is 1.